The van der Waals surface area contributed by atoms with E-state index < -0.39 is 5.60 Å². The standard InChI is InChI=1S/C26H40N2O3/c1-24(30)11-12-25(2)17(13-24)5-6-19-20-7-8-22(26(20,3)10-9-21(19)25)23(29)16-28-15-18(31-4)14-27-28/h14-15,17,19-22,30H,5-13,16H2,1-4H3/t17?,19-,20?,21?,22+,24+,25?,26?/m0/s1. The lowest BCUT2D eigenvalue weighted by molar-refractivity contribution is -0.151. The van der Waals surface area contributed by atoms with Crippen LogP contribution in [0.15, 0.2) is 12.4 Å². The molecular weight excluding hydrogens is 388 g/mol. The van der Waals surface area contributed by atoms with Gasteiger partial charge in [-0.25, -0.2) is 0 Å². The molecule has 1 N–H and O–H groups in total. The van der Waals surface area contributed by atoms with Crippen molar-refractivity contribution in [2.24, 2.45) is 40.4 Å². The maximum absolute atomic E-state index is 13.4. The van der Waals surface area contributed by atoms with Gasteiger partial charge in [0.2, 0.25) is 0 Å². The Balaban J connectivity index is 1.33. The molecule has 0 bridgehead atoms. The average molecular weight is 429 g/mol. The second-order valence-electron chi connectivity index (χ2n) is 12.1. The smallest absolute Gasteiger partial charge is 0.157 e. The fourth-order valence-corrected chi connectivity index (χ4v) is 8.77. The number of aromatic nitrogens is 2. The highest BCUT2D eigenvalue weighted by Gasteiger charge is 2.61. The molecule has 0 saturated heterocycles. The maximum atomic E-state index is 13.4. The van der Waals surface area contributed by atoms with E-state index in [0.29, 0.717) is 35.3 Å². The summed E-state index contributed by atoms with van der Waals surface area (Å²) in [6.45, 7) is 7.36. The summed E-state index contributed by atoms with van der Waals surface area (Å²) in [6.07, 6.45) is 13.8. The lowest BCUT2D eigenvalue weighted by Crippen LogP contribution is -2.55. The Morgan fingerprint density at radius 3 is 2.61 bits per heavy atom. The van der Waals surface area contributed by atoms with E-state index in [1.54, 1.807) is 18.0 Å². The van der Waals surface area contributed by atoms with Crippen molar-refractivity contribution < 1.29 is 14.6 Å². The Kier molecular flexibility index (Phi) is 5.08. The van der Waals surface area contributed by atoms with Gasteiger partial charge in [-0.05, 0) is 99.2 Å². The predicted octanol–water partition coefficient (Wildman–Crippen LogP) is 4.87. The normalized spacial score (nSPS) is 46.7. The molecule has 4 saturated carbocycles. The number of ether oxygens (including phenoxy) is 1. The fraction of sp³-hybridized carbons (Fsp3) is 0.846. The first-order valence-corrected chi connectivity index (χ1v) is 12.5. The van der Waals surface area contributed by atoms with Crippen LogP contribution in [0.4, 0.5) is 0 Å². The average Bonchev–Trinajstić information content (AvgIpc) is 3.31. The lowest BCUT2D eigenvalue weighted by Gasteiger charge is -2.61. The van der Waals surface area contributed by atoms with Gasteiger partial charge in [-0.15, -0.1) is 0 Å². The van der Waals surface area contributed by atoms with Gasteiger partial charge in [0.15, 0.2) is 11.5 Å². The van der Waals surface area contributed by atoms with Crippen LogP contribution >= 0.6 is 0 Å². The minimum Gasteiger partial charge on any atom is -0.493 e. The van der Waals surface area contributed by atoms with E-state index in [2.05, 4.69) is 18.9 Å². The Morgan fingerprint density at radius 1 is 1.10 bits per heavy atom. The second kappa shape index (κ2) is 7.33. The summed E-state index contributed by atoms with van der Waals surface area (Å²) in [6, 6.07) is 0. The fourth-order valence-electron chi connectivity index (χ4n) is 8.77. The SMILES string of the molecule is COc1cnn(CC(=O)[C@H]2CCC3[C@@H]4CCC5C[C@](C)(O)CCC5(C)C4CCC32C)c1. The molecule has 0 radical (unpaired) electrons. The van der Waals surface area contributed by atoms with Crippen LogP contribution in [-0.2, 0) is 11.3 Å². The van der Waals surface area contributed by atoms with E-state index >= 15 is 0 Å². The third kappa shape index (κ3) is 3.37. The molecule has 5 rings (SSSR count). The largest absolute Gasteiger partial charge is 0.493 e. The summed E-state index contributed by atoms with van der Waals surface area (Å²) in [5.74, 6) is 4.08. The number of nitrogens with zero attached hydrogens (tertiary/aromatic N) is 2. The number of carbonyl (C=O) groups excluding carboxylic acids is 1. The van der Waals surface area contributed by atoms with Crippen molar-refractivity contribution in [1.82, 2.24) is 9.78 Å². The summed E-state index contributed by atoms with van der Waals surface area (Å²) in [5.41, 5.74) is 0.0410. The number of hydrogen-bond donors (Lipinski definition) is 1. The van der Waals surface area contributed by atoms with Crippen molar-refractivity contribution in [1.29, 1.82) is 0 Å². The highest BCUT2D eigenvalue weighted by Crippen LogP contribution is 2.68. The Labute approximate surface area is 186 Å². The Hall–Kier alpha value is -1.36. The van der Waals surface area contributed by atoms with Crippen molar-refractivity contribution in [3.05, 3.63) is 12.4 Å². The number of aliphatic hydroxyl groups is 1. The molecule has 172 valence electrons. The van der Waals surface area contributed by atoms with E-state index in [0.717, 1.165) is 31.1 Å². The number of ketones is 1. The summed E-state index contributed by atoms with van der Waals surface area (Å²) in [7, 11) is 1.63. The minimum atomic E-state index is -0.472. The van der Waals surface area contributed by atoms with Crippen LogP contribution in [0.3, 0.4) is 0 Å². The molecule has 0 aliphatic heterocycles. The molecule has 4 aliphatic carbocycles. The molecule has 1 aromatic rings. The van der Waals surface area contributed by atoms with Crippen LogP contribution < -0.4 is 4.74 Å². The first-order valence-electron chi connectivity index (χ1n) is 12.5. The van der Waals surface area contributed by atoms with Gasteiger partial charge in [0.05, 0.1) is 31.6 Å². The molecule has 1 heterocycles. The van der Waals surface area contributed by atoms with Gasteiger partial charge < -0.3 is 9.84 Å². The number of carbonyl (C=O) groups is 1. The third-order valence-corrected chi connectivity index (χ3v) is 10.5. The van der Waals surface area contributed by atoms with Gasteiger partial charge in [0.1, 0.15) is 0 Å². The molecule has 0 amide bonds. The molecule has 31 heavy (non-hydrogen) atoms. The van der Waals surface area contributed by atoms with Crippen LogP contribution in [0.5, 0.6) is 5.75 Å². The molecule has 0 aromatic carbocycles. The molecule has 5 unspecified atom stereocenters. The van der Waals surface area contributed by atoms with E-state index in [9.17, 15) is 9.90 Å². The molecule has 8 atom stereocenters. The quantitative estimate of drug-likeness (QED) is 0.743. The van der Waals surface area contributed by atoms with E-state index in [1.807, 2.05) is 13.1 Å². The number of rotatable bonds is 4. The van der Waals surface area contributed by atoms with Crippen LogP contribution in [0.25, 0.3) is 0 Å². The van der Waals surface area contributed by atoms with Gasteiger partial charge >= 0.3 is 0 Å². The predicted molar refractivity (Wildman–Crippen MR) is 120 cm³/mol. The van der Waals surface area contributed by atoms with Crippen molar-refractivity contribution >= 4 is 5.78 Å². The van der Waals surface area contributed by atoms with Crippen LogP contribution in [0.2, 0.25) is 0 Å². The van der Waals surface area contributed by atoms with E-state index in [4.69, 9.17) is 4.74 Å². The number of fused-ring (bicyclic) bond motifs is 5. The monoisotopic (exact) mass is 428 g/mol. The summed E-state index contributed by atoms with van der Waals surface area (Å²) >= 11 is 0. The maximum Gasteiger partial charge on any atom is 0.157 e. The van der Waals surface area contributed by atoms with Gasteiger partial charge in [-0.2, -0.15) is 5.10 Å². The van der Waals surface area contributed by atoms with Gasteiger partial charge in [-0.3, -0.25) is 9.48 Å². The minimum absolute atomic E-state index is 0.138. The number of methoxy groups -OCH3 is 1. The van der Waals surface area contributed by atoms with Crippen molar-refractivity contribution in [2.75, 3.05) is 7.11 Å². The zero-order valence-corrected chi connectivity index (χ0v) is 19.8. The van der Waals surface area contributed by atoms with Crippen molar-refractivity contribution in [3.8, 4) is 5.75 Å². The molecule has 0 spiro atoms. The third-order valence-electron chi connectivity index (χ3n) is 10.5. The lowest BCUT2D eigenvalue weighted by atomic mass is 9.44. The Bertz CT molecular complexity index is 847. The van der Waals surface area contributed by atoms with Crippen LogP contribution in [-0.4, -0.2) is 33.4 Å². The zero-order valence-electron chi connectivity index (χ0n) is 19.8. The second-order valence-corrected chi connectivity index (χ2v) is 12.1. The highest BCUT2D eigenvalue weighted by atomic mass is 16.5. The first kappa shape index (κ1) is 21.5. The first-order chi connectivity index (χ1) is 14.7. The molecular formula is C26H40N2O3. The van der Waals surface area contributed by atoms with Crippen LogP contribution in [0.1, 0.15) is 78.6 Å². The Morgan fingerprint density at radius 2 is 1.87 bits per heavy atom. The molecule has 1 aromatic heterocycles. The molecule has 5 heteroatoms. The molecule has 4 fully saturated rings. The topological polar surface area (TPSA) is 64.4 Å². The van der Waals surface area contributed by atoms with Crippen LogP contribution in [0, 0.1) is 40.4 Å². The van der Waals surface area contributed by atoms with E-state index in [-0.39, 0.29) is 11.3 Å². The summed E-state index contributed by atoms with van der Waals surface area (Å²) < 4.78 is 6.96. The van der Waals surface area contributed by atoms with Crippen molar-refractivity contribution in [3.63, 3.8) is 0 Å². The summed E-state index contributed by atoms with van der Waals surface area (Å²) in [4.78, 5) is 13.4. The molecule has 5 nitrogen and oxygen atoms in total. The van der Waals surface area contributed by atoms with E-state index in [1.165, 1.54) is 38.5 Å². The summed E-state index contributed by atoms with van der Waals surface area (Å²) in [5, 5.41) is 15.0. The zero-order chi connectivity index (χ0) is 22.0. The van der Waals surface area contributed by atoms with Gasteiger partial charge in [-0.1, -0.05) is 13.8 Å². The van der Waals surface area contributed by atoms with Gasteiger partial charge in [0, 0.05) is 5.92 Å². The number of Topliss-reactive ketones (excluding diaryl/α,β-unsaturated/α-hetero) is 1. The van der Waals surface area contributed by atoms with Crippen molar-refractivity contribution in [2.45, 2.75) is 90.7 Å². The van der Waals surface area contributed by atoms with Gasteiger partial charge in [0.25, 0.3) is 0 Å². The molecule has 4 aliphatic rings. The number of hydrogen-bond acceptors (Lipinski definition) is 4. The highest BCUT2D eigenvalue weighted by molar-refractivity contribution is 5.82.